The number of halogens is 3. The van der Waals surface area contributed by atoms with Gasteiger partial charge in [-0.15, -0.1) is 0 Å². The molecule has 2 bridgehead atoms. The smallest absolute Gasteiger partial charge is 0.328 e. The molecule has 9 nitrogen and oxygen atoms in total. The van der Waals surface area contributed by atoms with Gasteiger partial charge in [0.05, 0.1) is 27.3 Å². The second kappa shape index (κ2) is 9.44. The van der Waals surface area contributed by atoms with Gasteiger partial charge in [0.15, 0.2) is 21.5 Å². The van der Waals surface area contributed by atoms with Crippen LogP contribution in [0.5, 0.6) is 0 Å². The van der Waals surface area contributed by atoms with Crippen LogP contribution in [0.15, 0.2) is 63.1 Å². The minimum atomic E-state index is -4.02. The van der Waals surface area contributed by atoms with Crippen LogP contribution in [-0.2, 0) is 16.4 Å². The molecule has 1 amide bonds. The first kappa shape index (κ1) is 26.3. The molecule has 200 valence electrons. The summed E-state index contributed by atoms with van der Waals surface area (Å²) in [7, 11) is -4.02. The highest BCUT2D eigenvalue weighted by Crippen LogP contribution is 2.56. The van der Waals surface area contributed by atoms with Crippen molar-refractivity contribution in [1.29, 1.82) is 0 Å². The Labute approximate surface area is 220 Å². The average Bonchev–Trinajstić information content (AvgIpc) is 2.88. The Morgan fingerprint density at radius 3 is 2.45 bits per heavy atom. The maximum atomic E-state index is 13.6. The molecule has 0 aliphatic heterocycles. The van der Waals surface area contributed by atoms with Gasteiger partial charge in [-0.1, -0.05) is 11.6 Å². The Bertz CT molecular complexity index is 1660. The highest BCUT2D eigenvalue weighted by Gasteiger charge is 2.60. The van der Waals surface area contributed by atoms with E-state index in [0.717, 1.165) is 18.2 Å². The van der Waals surface area contributed by atoms with E-state index in [0.29, 0.717) is 6.42 Å². The highest BCUT2D eigenvalue weighted by molar-refractivity contribution is 7.92. The topological polar surface area (TPSA) is 138 Å². The van der Waals surface area contributed by atoms with E-state index in [9.17, 15) is 36.7 Å². The molecule has 1 aromatic heterocycles. The number of sulfone groups is 1. The first-order valence-corrected chi connectivity index (χ1v) is 13.6. The van der Waals surface area contributed by atoms with Crippen LogP contribution in [0.1, 0.15) is 29.6 Å². The molecule has 2 atom stereocenters. The molecule has 3 aromatic rings. The molecule has 3 N–H and O–H groups in total. The third kappa shape index (κ3) is 4.56. The van der Waals surface area contributed by atoms with Gasteiger partial charge in [-0.05, 0) is 61.4 Å². The Balaban J connectivity index is 1.35. The normalized spacial score (nSPS) is 24.5. The SMILES string of the molecule is O=C(Nc1ccc(F)c(F)c1)c1ccc(Cl)c(S(=O)(=O)[C@H]2CC3CC(C2)[C@]3(O)Cn2ccc(=O)[nH]c2=O)c1. The number of amides is 1. The van der Waals surface area contributed by atoms with E-state index in [-0.39, 0.29) is 40.6 Å². The van der Waals surface area contributed by atoms with Crippen molar-refractivity contribution in [1.82, 2.24) is 9.55 Å². The van der Waals surface area contributed by atoms with Gasteiger partial charge in [0.25, 0.3) is 11.5 Å². The maximum absolute atomic E-state index is 13.6. The number of anilines is 1. The number of nitrogens with zero attached hydrogens (tertiary/aromatic N) is 1. The lowest BCUT2D eigenvalue weighted by Gasteiger charge is -2.58. The van der Waals surface area contributed by atoms with Crippen molar-refractivity contribution in [2.24, 2.45) is 11.8 Å². The minimum Gasteiger partial charge on any atom is -0.387 e. The largest absolute Gasteiger partial charge is 0.387 e. The van der Waals surface area contributed by atoms with E-state index in [1.165, 1.54) is 35.0 Å². The number of carbonyl (C=O) groups excluding carboxylic acids is 1. The molecule has 2 unspecified atom stereocenters. The molecule has 13 heteroatoms. The lowest BCUT2D eigenvalue weighted by molar-refractivity contribution is -0.185. The Hall–Kier alpha value is -3.35. The molecular formula is C25H22ClF2N3O6S. The van der Waals surface area contributed by atoms with Crippen molar-refractivity contribution >= 4 is 33.0 Å². The van der Waals surface area contributed by atoms with Crippen molar-refractivity contribution in [3.8, 4) is 0 Å². The number of aliphatic hydroxyl groups is 1. The molecule has 6 rings (SSSR count). The van der Waals surface area contributed by atoms with E-state index in [2.05, 4.69) is 10.3 Å². The predicted molar refractivity (Wildman–Crippen MR) is 134 cm³/mol. The summed E-state index contributed by atoms with van der Waals surface area (Å²) in [6, 6.07) is 7.72. The molecule has 0 spiro atoms. The molecule has 2 aromatic carbocycles. The monoisotopic (exact) mass is 565 g/mol. The summed E-state index contributed by atoms with van der Waals surface area (Å²) >= 11 is 6.23. The Kier molecular flexibility index (Phi) is 6.52. The van der Waals surface area contributed by atoms with Crippen LogP contribution in [0, 0.1) is 23.5 Å². The van der Waals surface area contributed by atoms with Crippen molar-refractivity contribution < 1.29 is 27.1 Å². The number of H-pyrrole nitrogens is 1. The van der Waals surface area contributed by atoms with Gasteiger partial charge in [-0.2, -0.15) is 0 Å². The van der Waals surface area contributed by atoms with Crippen molar-refractivity contribution in [2.45, 2.75) is 41.6 Å². The number of benzene rings is 2. The number of rotatable bonds is 6. The average molecular weight is 566 g/mol. The summed E-state index contributed by atoms with van der Waals surface area (Å²) in [5, 5.41) is 12.7. The van der Waals surface area contributed by atoms with Gasteiger partial charge < -0.3 is 10.4 Å². The van der Waals surface area contributed by atoms with Crippen LogP contribution in [0.25, 0.3) is 0 Å². The van der Waals surface area contributed by atoms with Gasteiger partial charge in [0.1, 0.15) is 0 Å². The summed E-state index contributed by atoms with van der Waals surface area (Å²) in [5.41, 5.74) is -2.58. The molecule has 1 heterocycles. The number of nitrogens with one attached hydrogen (secondary N) is 2. The summed E-state index contributed by atoms with van der Waals surface area (Å²) in [6.45, 7) is -0.0783. The van der Waals surface area contributed by atoms with Crippen molar-refractivity contribution in [2.75, 3.05) is 5.32 Å². The first-order valence-electron chi connectivity index (χ1n) is 11.7. The van der Waals surface area contributed by atoms with Gasteiger partial charge in [0.2, 0.25) is 0 Å². The number of hydrogen-bond acceptors (Lipinski definition) is 6. The van der Waals surface area contributed by atoms with E-state index >= 15 is 0 Å². The fraction of sp³-hybridized carbons (Fsp3) is 0.320. The van der Waals surface area contributed by atoms with Crippen LogP contribution >= 0.6 is 11.6 Å². The highest BCUT2D eigenvalue weighted by atomic mass is 35.5. The van der Waals surface area contributed by atoms with Gasteiger partial charge in [-0.25, -0.2) is 22.0 Å². The zero-order valence-electron chi connectivity index (χ0n) is 19.7. The molecular weight excluding hydrogens is 544 g/mol. The van der Waals surface area contributed by atoms with Crippen LogP contribution in [0.2, 0.25) is 5.02 Å². The molecule has 38 heavy (non-hydrogen) atoms. The van der Waals surface area contributed by atoms with Gasteiger partial charge >= 0.3 is 5.69 Å². The fourth-order valence-corrected chi connectivity index (χ4v) is 7.83. The van der Waals surface area contributed by atoms with E-state index in [1.54, 1.807) is 0 Å². The Morgan fingerprint density at radius 1 is 1.08 bits per heavy atom. The molecule has 3 aliphatic carbocycles. The quantitative estimate of drug-likeness (QED) is 0.420. The first-order chi connectivity index (χ1) is 17.9. The van der Waals surface area contributed by atoms with Crippen LogP contribution in [-0.4, -0.2) is 39.8 Å². The van der Waals surface area contributed by atoms with Crippen LogP contribution in [0.3, 0.4) is 0 Å². The Morgan fingerprint density at radius 2 is 1.79 bits per heavy atom. The predicted octanol–water partition coefficient (Wildman–Crippen LogP) is 2.72. The second-order valence-electron chi connectivity index (χ2n) is 9.73. The lowest BCUT2D eigenvalue weighted by atomic mass is 9.53. The molecule has 3 aliphatic rings. The molecule has 0 radical (unpaired) electrons. The fourth-order valence-electron chi connectivity index (χ4n) is 5.43. The zero-order chi connectivity index (χ0) is 27.4. The van der Waals surface area contributed by atoms with Crippen molar-refractivity contribution in [3.63, 3.8) is 0 Å². The zero-order valence-corrected chi connectivity index (χ0v) is 21.2. The summed E-state index contributed by atoms with van der Waals surface area (Å²) in [5.74, 6) is -3.78. The third-order valence-electron chi connectivity index (χ3n) is 7.51. The molecule has 0 saturated heterocycles. The number of aromatic nitrogens is 2. The van der Waals surface area contributed by atoms with Crippen LogP contribution < -0.4 is 16.6 Å². The van der Waals surface area contributed by atoms with Gasteiger partial charge in [-0.3, -0.25) is 19.1 Å². The second-order valence-corrected chi connectivity index (χ2v) is 12.3. The van der Waals surface area contributed by atoms with E-state index < -0.39 is 61.3 Å². The number of carbonyl (C=O) groups is 1. The molecule has 3 fully saturated rings. The number of fused-ring (bicyclic) bond motifs is 2. The van der Waals surface area contributed by atoms with Crippen molar-refractivity contribution in [3.05, 3.63) is 91.7 Å². The third-order valence-corrected chi connectivity index (χ3v) is 10.2. The maximum Gasteiger partial charge on any atom is 0.328 e. The summed E-state index contributed by atoms with van der Waals surface area (Å²) in [6.07, 6.45) is 2.12. The standard InChI is InChI=1S/C25H22ClF2N3O6S/c26-18-3-1-13(23(33)29-16-2-4-19(27)20(28)11-16)7-21(18)38(36,37)17-9-14-8-15(10-17)25(14,35)12-31-6-5-22(32)30-24(31)34/h1-7,11,14-15,17,35H,8-10,12H2,(H,29,33)(H,30,32,34)/t14?,15?,17-,25-. The van der Waals surface area contributed by atoms with Gasteiger partial charge in [0, 0.05) is 29.6 Å². The van der Waals surface area contributed by atoms with E-state index in [4.69, 9.17) is 11.6 Å². The summed E-state index contributed by atoms with van der Waals surface area (Å²) < 4.78 is 55.0. The number of aromatic amines is 1. The summed E-state index contributed by atoms with van der Waals surface area (Å²) in [4.78, 5) is 38.0. The molecule has 3 saturated carbocycles. The lowest BCUT2D eigenvalue weighted by Crippen LogP contribution is -2.64. The minimum absolute atomic E-state index is 0.0125. The van der Waals surface area contributed by atoms with Crippen LogP contribution in [0.4, 0.5) is 14.5 Å². The van der Waals surface area contributed by atoms with E-state index in [1.807, 2.05) is 0 Å². The number of hydrogen-bond donors (Lipinski definition) is 3.